The van der Waals surface area contributed by atoms with Gasteiger partial charge >= 0.3 is 0 Å². The zero-order valence-electron chi connectivity index (χ0n) is 12.9. The van der Waals surface area contributed by atoms with Gasteiger partial charge in [-0.15, -0.1) is 23.5 Å². The zero-order valence-corrected chi connectivity index (χ0v) is 14.5. The Morgan fingerprint density at radius 2 is 1.77 bits per heavy atom. The number of carbonyl (C=O) groups excluding carboxylic acids is 1. The van der Waals surface area contributed by atoms with Crippen LogP contribution in [0.3, 0.4) is 0 Å². The SMILES string of the molecule is CSc1ccc(CSCC(=O)N[C@@H](C)c2ccccc2)cc1. The molecule has 2 aromatic rings. The van der Waals surface area contributed by atoms with Crippen molar-refractivity contribution in [1.82, 2.24) is 5.32 Å². The number of hydrogen-bond donors (Lipinski definition) is 1. The lowest BCUT2D eigenvalue weighted by molar-refractivity contribution is -0.119. The van der Waals surface area contributed by atoms with E-state index in [1.807, 2.05) is 37.3 Å². The second kappa shape index (κ2) is 8.91. The van der Waals surface area contributed by atoms with Crippen molar-refractivity contribution in [3.05, 3.63) is 65.7 Å². The van der Waals surface area contributed by atoms with E-state index in [9.17, 15) is 4.79 Å². The van der Waals surface area contributed by atoms with Crippen LogP contribution in [0.25, 0.3) is 0 Å². The Morgan fingerprint density at radius 1 is 1.09 bits per heavy atom. The standard InChI is InChI=1S/C18H21NOS2/c1-14(16-6-4-3-5-7-16)19-18(20)13-22-12-15-8-10-17(21-2)11-9-15/h3-11,14H,12-13H2,1-2H3,(H,19,20)/t14-/m0/s1. The summed E-state index contributed by atoms with van der Waals surface area (Å²) in [6.07, 6.45) is 2.07. The van der Waals surface area contributed by atoms with E-state index in [4.69, 9.17) is 0 Å². The van der Waals surface area contributed by atoms with Gasteiger partial charge in [-0.3, -0.25) is 4.79 Å². The zero-order chi connectivity index (χ0) is 15.8. The van der Waals surface area contributed by atoms with Crippen molar-refractivity contribution >= 4 is 29.4 Å². The fourth-order valence-corrected chi connectivity index (χ4v) is 3.30. The largest absolute Gasteiger partial charge is 0.349 e. The van der Waals surface area contributed by atoms with Crippen molar-refractivity contribution in [3.8, 4) is 0 Å². The van der Waals surface area contributed by atoms with Crippen molar-refractivity contribution in [2.75, 3.05) is 12.0 Å². The number of thioether (sulfide) groups is 2. The molecule has 0 aliphatic carbocycles. The molecule has 2 aromatic carbocycles. The highest BCUT2D eigenvalue weighted by Crippen LogP contribution is 2.18. The van der Waals surface area contributed by atoms with E-state index in [1.165, 1.54) is 10.5 Å². The summed E-state index contributed by atoms with van der Waals surface area (Å²) < 4.78 is 0. The summed E-state index contributed by atoms with van der Waals surface area (Å²) in [7, 11) is 0. The van der Waals surface area contributed by atoms with Gasteiger partial charge in [0, 0.05) is 10.6 Å². The van der Waals surface area contributed by atoms with Gasteiger partial charge in [-0.1, -0.05) is 42.5 Å². The van der Waals surface area contributed by atoms with Gasteiger partial charge in [0.15, 0.2) is 0 Å². The van der Waals surface area contributed by atoms with E-state index in [0.717, 1.165) is 11.3 Å². The molecule has 0 saturated heterocycles. The highest BCUT2D eigenvalue weighted by atomic mass is 32.2. The molecular weight excluding hydrogens is 310 g/mol. The van der Waals surface area contributed by atoms with E-state index < -0.39 is 0 Å². The molecule has 0 unspecified atom stereocenters. The molecule has 22 heavy (non-hydrogen) atoms. The molecule has 0 aromatic heterocycles. The molecule has 0 aliphatic rings. The summed E-state index contributed by atoms with van der Waals surface area (Å²) in [6, 6.07) is 18.6. The third-order valence-electron chi connectivity index (χ3n) is 3.34. The maximum Gasteiger partial charge on any atom is 0.230 e. The minimum atomic E-state index is 0.0511. The average molecular weight is 332 g/mol. The second-order valence-electron chi connectivity index (χ2n) is 5.04. The maximum absolute atomic E-state index is 12.0. The molecule has 1 amide bonds. The first-order valence-corrected chi connectivity index (χ1v) is 9.62. The van der Waals surface area contributed by atoms with Crippen LogP contribution < -0.4 is 5.32 Å². The summed E-state index contributed by atoms with van der Waals surface area (Å²) in [6.45, 7) is 2.01. The molecule has 116 valence electrons. The molecule has 2 nitrogen and oxygen atoms in total. The minimum absolute atomic E-state index is 0.0511. The summed E-state index contributed by atoms with van der Waals surface area (Å²) in [5.74, 6) is 1.44. The van der Waals surface area contributed by atoms with Crippen LogP contribution in [0.4, 0.5) is 0 Å². The van der Waals surface area contributed by atoms with Gasteiger partial charge in [0.25, 0.3) is 0 Å². The highest BCUT2D eigenvalue weighted by molar-refractivity contribution is 7.99. The van der Waals surface area contributed by atoms with Crippen LogP contribution in [-0.2, 0) is 10.5 Å². The van der Waals surface area contributed by atoms with Crippen LogP contribution in [0, 0.1) is 0 Å². The van der Waals surface area contributed by atoms with Crippen molar-refractivity contribution in [3.63, 3.8) is 0 Å². The van der Waals surface area contributed by atoms with E-state index in [2.05, 4.69) is 35.8 Å². The number of carbonyl (C=O) groups is 1. The number of rotatable bonds is 7. The van der Waals surface area contributed by atoms with Crippen molar-refractivity contribution < 1.29 is 4.79 Å². The highest BCUT2D eigenvalue weighted by Gasteiger charge is 2.09. The van der Waals surface area contributed by atoms with Crippen molar-refractivity contribution in [1.29, 1.82) is 0 Å². The monoisotopic (exact) mass is 331 g/mol. The Kier molecular flexibility index (Phi) is 6.87. The van der Waals surface area contributed by atoms with E-state index in [-0.39, 0.29) is 11.9 Å². The Morgan fingerprint density at radius 3 is 2.41 bits per heavy atom. The fraction of sp³-hybridized carbons (Fsp3) is 0.278. The summed E-state index contributed by atoms with van der Waals surface area (Å²) in [5, 5.41) is 3.04. The van der Waals surface area contributed by atoms with Crippen LogP contribution >= 0.6 is 23.5 Å². The van der Waals surface area contributed by atoms with Gasteiger partial charge in [0.05, 0.1) is 11.8 Å². The predicted octanol–water partition coefficient (Wildman–Crippen LogP) is 4.52. The topological polar surface area (TPSA) is 29.1 Å². The number of nitrogens with one attached hydrogen (secondary N) is 1. The summed E-state index contributed by atoms with van der Waals surface area (Å²) in [5.41, 5.74) is 2.39. The lowest BCUT2D eigenvalue weighted by Crippen LogP contribution is -2.28. The first-order chi connectivity index (χ1) is 10.7. The maximum atomic E-state index is 12.0. The summed E-state index contributed by atoms with van der Waals surface area (Å²) in [4.78, 5) is 13.2. The smallest absolute Gasteiger partial charge is 0.230 e. The molecular formula is C18H21NOS2. The van der Waals surface area contributed by atoms with E-state index in [0.29, 0.717) is 5.75 Å². The average Bonchev–Trinajstić information content (AvgIpc) is 2.56. The molecule has 1 atom stereocenters. The Labute approximate surface area is 141 Å². The van der Waals surface area contributed by atoms with Crippen LogP contribution in [0.1, 0.15) is 24.1 Å². The molecule has 1 N–H and O–H groups in total. The summed E-state index contributed by atoms with van der Waals surface area (Å²) >= 11 is 3.39. The van der Waals surface area contributed by atoms with Gasteiger partial charge in [0.1, 0.15) is 0 Å². The molecule has 0 spiro atoms. The molecule has 0 bridgehead atoms. The molecule has 0 radical (unpaired) electrons. The molecule has 0 aliphatic heterocycles. The Hall–Kier alpha value is -1.39. The Bertz CT molecular complexity index is 584. The lowest BCUT2D eigenvalue weighted by atomic mass is 10.1. The quantitative estimate of drug-likeness (QED) is 0.756. The Balaban J connectivity index is 1.73. The van der Waals surface area contributed by atoms with Crippen LogP contribution in [0.15, 0.2) is 59.5 Å². The third-order valence-corrected chi connectivity index (χ3v) is 5.09. The van der Waals surface area contributed by atoms with E-state index >= 15 is 0 Å². The van der Waals surface area contributed by atoms with Gasteiger partial charge in [0.2, 0.25) is 5.91 Å². The fourth-order valence-electron chi connectivity index (χ4n) is 2.09. The van der Waals surface area contributed by atoms with Crippen LogP contribution in [-0.4, -0.2) is 17.9 Å². The number of hydrogen-bond acceptors (Lipinski definition) is 3. The van der Waals surface area contributed by atoms with Gasteiger partial charge in [-0.25, -0.2) is 0 Å². The molecule has 2 rings (SSSR count). The van der Waals surface area contributed by atoms with Crippen molar-refractivity contribution in [2.24, 2.45) is 0 Å². The van der Waals surface area contributed by atoms with Crippen molar-refractivity contribution in [2.45, 2.75) is 23.6 Å². The van der Waals surface area contributed by atoms with E-state index in [1.54, 1.807) is 23.5 Å². The van der Waals surface area contributed by atoms with Gasteiger partial charge in [-0.05, 0) is 36.4 Å². The van der Waals surface area contributed by atoms with Gasteiger partial charge in [-0.2, -0.15) is 0 Å². The predicted molar refractivity (Wildman–Crippen MR) is 97.4 cm³/mol. The van der Waals surface area contributed by atoms with Crippen LogP contribution in [0.5, 0.6) is 0 Å². The number of amides is 1. The number of benzene rings is 2. The van der Waals surface area contributed by atoms with Crippen LogP contribution in [0.2, 0.25) is 0 Å². The molecule has 0 fully saturated rings. The lowest BCUT2D eigenvalue weighted by Gasteiger charge is -2.14. The minimum Gasteiger partial charge on any atom is -0.349 e. The first-order valence-electron chi connectivity index (χ1n) is 7.24. The second-order valence-corrected chi connectivity index (χ2v) is 6.91. The molecule has 4 heteroatoms. The third kappa shape index (κ3) is 5.43. The van der Waals surface area contributed by atoms with Gasteiger partial charge < -0.3 is 5.32 Å². The molecule has 0 heterocycles. The molecule has 0 saturated carbocycles. The normalized spacial score (nSPS) is 11.9. The first kappa shape index (κ1) is 17.0.